The van der Waals surface area contributed by atoms with Gasteiger partial charge in [0.25, 0.3) is 0 Å². The van der Waals surface area contributed by atoms with Crippen molar-refractivity contribution >= 4 is 82.5 Å². The fraction of sp³-hybridized carbons (Fsp3) is 0. The Kier molecular flexibility index (Phi) is 4.07. The van der Waals surface area contributed by atoms with Gasteiger partial charge in [0.2, 0.25) is 0 Å². The minimum Gasteiger partial charge on any atom is -0.455 e. The molecular formula is C50H31NO2. The second-order valence-corrected chi connectivity index (χ2v) is 12.5. The first kappa shape index (κ1) is 18.4. The second kappa shape index (κ2) is 11.7. The van der Waals surface area contributed by atoms with Crippen LogP contribution in [0.1, 0.15) is 20.6 Å². The lowest BCUT2D eigenvalue weighted by Gasteiger charge is -2.26. The Morgan fingerprint density at radius 2 is 1.08 bits per heavy atom. The summed E-state index contributed by atoms with van der Waals surface area (Å²) in [6.45, 7) is 0. The summed E-state index contributed by atoms with van der Waals surface area (Å²) < 4.78 is 150. The summed E-state index contributed by atoms with van der Waals surface area (Å²) in [4.78, 5) is 1.15. The van der Waals surface area contributed by atoms with Crippen molar-refractivity contribution in [3.05, 3.63) is 188 Å². The van der Waals surface area contributed by atoms with Crippen molar-refractivity contribution in [3.63, 3.8) is 0 Å². The first-order chi connectivity index (χ1) is 32.5. The van der Waals surface area contributed by atoms with Crippen molar-refractivity contribution in [3.8, 4) is 22.3 Å². The van der Waals surface area contributed by atoms with E-state index in [1.54, 1.807) is 36.4 Å². The van der Waals surface area contributed by atoms with Crippen LogP contribution in [0.3, 0.4) is 0 Å². The molecule has 0 fully saturated rings. The van der Waals surface area contributed by atoms with Gasteiger partial charge in [-0.15, -0.1) is 0 Å². The Bertz CT molecular complexity index is 4010. The molecule has 9 aromatic carbocycles. The maximum atomic E-state index is 9.73. The molecule has 2 heterocycles. The number of fused-ring (bicyclic) bond motifs is 9. The third kappa shape index (κ3) is 4.75. The van der Waals surface area contributed by atoms with Crippen LogP contribution in [0, 0.1) is 0 Å². The van der Waals surface area contributed by atoms with Gasteiger partial charge < -0.3 is 13.7 Å². The van der Waals surface area contributed by atoms with Crippen molar-refractivity contribution in [2.24, 2.45) is 0 Å². The van der Waals surface area contributed by atoms with E-state index < -0.39 is 124 Å². The van der Waals surface area contributed by atoms with E-state index >= 15 is 0 Å². The third-order valence-corrected chi connectivity index (χ3v) is 9.45. The lowest BCUT2D eigenvalue weighted by Crippen LogP contribution is -2.10. The molecule has 0 aliphatic carbocycles. The molecule has 3 heteroatoms. The molecule has 2 aromatic heterocycles. The molecule has 0 spiro atoms. The number of para-hydroxylation sites is 2. The quantitative estimate of drug-likeness (QED) is 0.180. The molecule has 0 saturated heterocycles. The Hall–Kier alpha value is -7.10. The molecule has 0 aliphatic heterocycles. The molecule has 53 heavy (non-hydrogen) atoms. The molecule has 0 radical (unpaired) electrons. The van der Waals surface area contributed by atoms with Gasteiger partial charge in [0.05, 0.1) is 31.6 Å². The molecule has 0 N–H and O–H groups in total. The van der Waals surface area contributed by atoms with Crippen LogP contribution in [0.4, 0.5) is 17.1 Å². The van der Waals surface area contributed by atoms with Crippen molar-refractivity contribution in [2.75, 3.05) is 4.90 Å². The number of nitrogens with zero attached hydrogens (tertiary/aromatic N) is 1. The zero-order valence-corrected chi connectivity index (χ0v) is 27.5. The van der Waals surface area contributed by atoms with Crippen molar-refractivity contribution in [2.45, 2.75) is 0 Å². The smallest absolute Gasteiger partial charge is 0.143 e. The summed E-state index contributed by atoms with van der Waals surface area (Å²) in [7, 11) is 0. The molecule has 248 valence electrons. The Balaban J connectivity index is 1.24. The number of benzene rings is 9. The highest BCUT2D eigenvalue weighted by molar-refractivity contribution is 6.19. The predicted octanol–water partition coefficient (Wildman–Crippen LogP) is 14.6. The second-order valence-electron chi connectivity index (χ2n) is 12.5. The zero-order valence-electron chi connectivity index (χ0n) is 42.5. The molecule has 3 nitrogen and oxygen atoms in total. The van der Waals surface area contributed by atoms with Gasteiger partial charge in [-0.3, -0.25) is 0 Å². The van der Waals surface area contributed by atoms with E-state index in [-0.39, 0.29) is 16.8 Å². The maximum absolute atomic E-state index is 9.73. The highest BCUT2D eigenvalue weighted by Crippen LogP contribution is 2.45. The van der Waals surface area contributed by atoms with Gasteiger partial charge in [0, 0.05) is 38.5 Å². The molecule has 11 rings (SSSR count). The first-order valence-electron chi connectivity index (χ1n) is 24.3. The van der Waals surface area contributed by atoms with Gasteiger partial charge >= 0.3 is 0 Å². The molecule has 0 atom stereocenters. The first-order valence-corrected chi connectivity index (χ1v) is 16.8. The summed E-state index contributed by atoms with van der Waals surface area (Å²) in [5, 5.41) is 3.17. The fourth-order valence-corrected chi connectivity index (χ4v) is 7.02. The minimum atomic E-state index is -0.814. The molecule has 0 amide bonds. The topological polar surface area (TPSA) is 29.5 Å². The van der Waals surface area contributed by atoms with Crippen LogP contribution in [-0.2, 0) is 0 Å². The van der Waals surface area contributed by atoms with Crippen molar-refractivity contribution < 1.29 is 29.4 Å². The van der Waals surface area contributed by atoms with E-state index in [1.165, 1.54) is 0 Å². The zero-order chi connectivity index (χ0) is 47.9. The molecule has 0 unspecified atom stereocenters. The summed E-state index contributed by atoms with van der Waals surface area (Å²) in [6, 6.07) is 18.3. The molecule has 11 aromatic rings. The van der Waals surface area contributed by atoms with Gasteiger partial charge in [-0.2, -0.15) is 0 Å². The normalized spacial score (nSPS) is 15.7. The standard InChI is InChI=1S/C50H31NO2/c1-2-11-36-31-37(20-19-32(36)9-1)33-21-26-38(27-22-33)51(45-16-8-18-47-48(45)44-30-25-34-10-3-4-12-40(34)50(44)53-47)39-28-23-35(24-29-39)41-14-7-15-43-42-13-5-6-17-46(42)52-49(41)43/h1-31H/i1D,2D,9D,11D,19D,20D,21D,22D,23D,24D,26D,27D,28D,29D,31D. The van der Waals surface area contributed by atoms with E-state index in [0.29, 0.717) is 38.5 Å². The average molecular weight is 693 g/mol. The summed E-state index contributed by atoms with van der Waals surface area (Å²) in [5.74, 6) is 0. The molecule has 0 aliphatic rings. The van der Waals surface area contributed by atoms with E-state index in [9.17, 15) is 12.3 Å². The largest absolute Gasteiger partial charge is 0.455 e. The SMILES string of the molecule is [2H]c1c([2H])c(N(c2c([2H])c([2H])c(-c3cccc4c3oc3ccccc34)c([2H])c2[2H])c2cccc3oc4c5ccccc5ccc4c23)c([2H])c([2H])c1-c1c([2H])c([2H])c2c([2H])c([2H])c([2H])c([2H])c2c1[2H]. The third-order valence-electron chi connectivity index (χ3n) is 9.45. The molecule has 0 saturated carbocycles. The lowest BCUT2D eigenvalue weighted by atomic mass is 10.00. The number of rotatable bonds is 5. The number of anilines is 3. The van der Waals surface area contributed by atoms with Crippen LogP contribution in [0.25, 0.3) is 87.7 Å². The summed E-state index contributed by atoms with van der Waals surface area (Å²) >= 11 is 0. The fourth-order valence-electron chi connectivity index (χ4n) is 7.02. The maximum Gasteiger partial charge on any atom is 0.143 e. The lowest BCUT2D eigenvalue weighted by molar-refractivity contribution is 0.670. The van der Waals surface area contributed by atoms with Crippen LogP contribution < -0.4 is 4.90 Å². The Labute approximate surface area is 326 Å². The highest BCUT2D eigenvalue weighted by Gasteiger charge is 2.21. The van der Waals surface area contributed by atoms with Gasteiger partial charge in [-0.05, 0) is 87.3 Å². The molecule has 0 bridgehead atoms. The van der Waals surface area contributed by atoms with Crippen molar-refractivity contribution in [1.29, 1.82) is 0 Å². The molecular weight excluding hydrogens is 647 g/mol. The van der Waals surface area contributed by atoms with Crippen LogP contribution in [0.5, 0.6) is 0 Å². The number of hydrogen-bond acceptors (Lipinski definition) is 3. The summed E-state index contributed by atoms with van der Waals surface area (Å²) in [5.41, 5.74) is -0.169. The van der Waals surface area contributed by atoms with Gasteiger partial charge in [0.15, 0.2) is 0 Å². The van der Waals surface area contributed by atoms with Crippen LogP contribution in [-0.4, -0.2) is 0 Å². The van der Waals surface area contributed by atoms with E-state index in [4.69, 9.17) is 17.1 Å². The Morgan fingerprint density at radius 3 is 1.92 bits per heavy atom. The van der Waals surface area contributed by atoms with Gasteiger partial charge in [-0.1, -0.05) is 133 Å². The average Bonchev–Trinajstić information content (AvgIpc) is 3.93. The van der Waals surface area contributed by atoms with E-state index in [0.717, 1.165) is 21.1 Å². The predicted molar refractivity (Wildman–Crippen MR) is 222 cm³/mol. The number of hydrogen-bond donors (Lipinski definition) is 0. The van der Waals surface area contributed by atoms with Gasteiger partial charge in [-0.25, -0.2) is 0 Å². The van der Waals surface area contributed by atoms with E-state index in [1.807, 2.05) is 60.7 Å². The monoisotopic (exact) mass is 692 g/mol. The van der Waals surface area contributed by atoms with Crippen LogP contribution >= 0.6 is 0 Å². The Morgan fingerprint density at radius 1 is 0.415 bits per heavy atom. The van der Waals surface area contributed by atoms with Crippen LogP contribution in [0.15, 0.2) is 197 Å². The highest BCUT2D eigenvalue weighted by atomic mass is 16.3. The van der Waals surface area contributed by atoms with Crippen molar-refractivity contribution in [1.82, 2.24) is 0 Å². The number of furan rings is 2. The van der Waals surface area contributed by atoms with Crippen LogP contribution in [0.2, 0.25) is 0 Å². The van der Waals surface area contributed by atoms with Gasteiger partial charge in [0.1, 0.15) is 22.3 Å². The minimum absolute atomic E-state index is 0.0897. The van der Waals surface area contributed by atoms with E-state index in [2.05, 4.69) is 0 Å². The summed E-state index contributed by atoms with van der Waals surface area (Å²) in [6.07, 6.45) is 0.